The topological polar surface area (TPSA) is 17.8 Å². The molecule has 2 aromatic heterocycles. The summed E-state index contributed by atoms with van der Waals surface area (Å²) in [5.41, 5.74) is 1.23. The standard InChI is InChI=1S/C14H18N2S/c1-11(2)10-17-14-8-7-12(3)16(14)13-6-4-5-9-15-13/h4-9,11H,10H2,1-3H3. The van der Waals surface area contributed by atoms with Crippen molar-refractivity contribution in [1.82, 2.24) is 9.55 Å². The maximum atomic E-state index is 4.42. The van der Waals surface area contributed by atoms with Gasteiger partial charge in [-0.3, -0.25) is 4.57 Å². The second kappa shape index (κ2) is 5.41. The summed E-state index contributed by atoms with van der Waals surface area (Å²) < 4.78 is 2.22. The minimum absolute atomic E-state index is 0.701. The first kappa shape index (κ1) is 12.2. The molecule has 0 bridgehead atoms. The third-order valence-electron chi connectivity index (χ3n) is 2.48. The van der Waals surface area contributed by atoms with E-state index in [1.807, 2.05) is 36.2 Å². The van der Waals surface area contributed by atoms with Crippen molar-refractivity contribution in [2.45, 2.75) is 25.8 Å². The second-order valence-electron chi connectivity index (χ2n) is 4.54. The van der Waals surface area contributed by atoms with Crippen LogP contribution in [0.4, 0.5) is 0 Å². The lowest BCUT2D eigenvalue weighted by molar-refractivity contribution is 0.747. The third kappa shape index (κ3) is 2.91. The number of hydrogen-bond donors (Lipinski definition) is 0. The van der Waals surface area contributed by atoms with Gasteiger partial charge in [-0.15, -0.1) is 11.8 Å². The van der Waals surface area contributed by atoms with Gasteiger partial charge in [-0.25, -0.2) is 4.98 Å². The molecule has 2 aromatic rings. The van der Waals surface area contributed by atoms with Gasteiger partial charge in [-0.05, 0) is 37.1 Å². The summed E-state index contributed by atoms with van der Waals surface area (Å²) in [5, 5.41) is 1.27. The van der Waals surface area contributed by atoms with Crippen LogP contribution in [0.5, 0.6) is 0 Å². The number of pyridine rings is 1. The molecule has 0 spiro atoms. The van der Waals surface area contributed by atoms with E-state index in [-0.39, 0.29) is 0 Å². The summed E-state index contributed by atoms with van der Waals surface area (Å²) >= 11 is 1.89. The number of thioether (sulfide) groups is 1. The van der Waals surface area contributed by atoms with E-state index in [1.165, 1.54) is 10.7 Å². The minimum atomic E-state index is 0.701. The zero-order chi connectivity index (χ0) is 12.3. The van der Waals surface area contributed by atoms with E-state index in [1.54, 1.807) is 0 Å². The zero-order valence-corrected chi connectivity index (χ0v) is 11.4. The second-order valence-corrected chi connectivity index (χ2v) is 5.58. The normalized spacial score (nSPS) is 11.1. The summed E-state index contributed by atoms with van der Waals surface area (Å²) in [6.07, 6.45) is 1.84. The molecule has 2 rings (SSSR count). The Hall–Kier alpha value is -1.22. The number of aryl methyl sites for hydroxylation is 1. The van der Waals surface area contributed by atoms with Crippen molar-refractivity contribution >= 4 is 11.8 Å². The Morgan fingerprint density at radius 3 is 2.71 bits per heavy atom. The molecule has 0 radical (unpaired) electrons. The highest BCUT2D eigenvalue weighted by atomic mass is 32.2. The van der Waals surface area contributed by atoms with Crippen LogP contribution in [0.2, 0.25) is 0 Å². The van der Waals surface area contributed by atoms with Gasteiger partial charge in [0.15, 0.2) is 0 Å². The molecular weight excluding hydrogens is 228 g/mol. The molecule has 0 aliphatic rings. The first-order valence-electron chi connectivity index (χ1n) is 5.91. The summed E-state index contributed by atoms with van der Waals surface area (Å²) in [6.45, 7) is 6.61. The van der Waals surface area contributed by atoms with Gasteiger partial charge in [0.1, 0.15) is 5.82 Å². The minimum Gasteiger partial charge on any atom is -0.293 e. The van der Waals surface area contributed by atoms with Gasteiger partial charge in [0.25, 0.3) is 0 Å². The molecule has 0 aromatic carbocycles. The molecule has 2 heterocycles. The monoisotopic (exact) mass is 246 g/mol. The number of rotatable bonds is 4. The molecule has 0 saturated carbocycles. The summed E-state index contributed by atoms with van der Waals surface area (Å²) in [4.78, 5) is 4.42. The van der Waals surface area contributed by atoms with Crippen LogP contribution in [0.25, 0.3) is 5.82 Å². The van der Waals surface area contributed by atoms with Crippen molar-refractivity contribution in [3.63, 3.8) is 0 Å². The predicted octanol–water partition coefficient (Wildman–Crippen LogP) is 3.93. The van der Waals surface area contributed by atoms with Gasteiger partial charge < -0.3 is 0 Å². The van der Waals surface area contributed by atoms with Crippen LogP contribution < -0.4 is 0 Å². The molecule has 3 heteroatoms. The highest BCUT2D eigenvalue weighted by Crippen LogP contribution is 2.26. The fourth-order valence-corrected chi connectivity index (χ4v) is 2.69. The van der Waals surface area contributed by atoms with E-state index < -0.39 is 0 Å². The van der Waals surface area contributed by atoms with E-state index in [4.69, 9.17) is 0 Å². The summed E-state index contributed by atoms with van der Waals surface area (Å²) in [7, 11) is 0. The van der Waals surface area contributed by atoms with Crippen molar-refractivity contribution in [3.05, 3.63) is 42.2 Å². The first-order chi connectivity index (χ1) is 8.18. The van der Waals surface area contributed by atoms with E-state index in [2.05, 4.69) is 42.5 Å². The van der Waals surface area contributed by atoms with Gasteiger partial charge in [-0.2, -0.15) is 0 Å². The smallest absolute Gasteiger partial charge is 0.137 e. The van der Waals surface area contributed by atoms with Crippen LogP contribution in [0.1, 0.15) is 19.5 Å². The Morgan fingerprint density at radius 1 is 1.24 bits per heavy atom. The van der Waals surface area contributed by atoms with Gasteiger partial charge in [0.2, 0.25) is 0 Å². The Morgan fingerprint density at radius 2 is 2.06 bits per heavy atom. The molecule has 0 unspecified atom stereocenters. The Balaban J connectivity index is 2.30. The molecule has 0 N–H and O–H groups in total. The molecule has 0 aliphatic heterocycles. The lowest BCUT2D eigenvalue weighted by Gasteiger charge is -2.11. The largest absolute Gasteiger partial charge is 0.293 e. The van der Waals surface area contributed by atoms with E-state index in [0.29, 0.717) is 5.92 Å². The number of hydrogen-bond acceptors (Lipinski definition) is 2. The lowest BCUT2D eigenvalue weighted by atomic mass is 10.3. The van der Waals surface area contributed by atoms with Crippen LogP contribution in [-0.2, 0) is 0 Å². The molecule has 90 valence electrons. The fraction of sp³-hybridized carbons (Fsp3) is 0.357. The summed E-state index contributed by atoms with van der Waals surface area (Å²) in [6, 6.07) is 10.3. The van der Waals surface area contributed by atoms with Crippen molar-refractivity contribution in [1.29, 1.82) is 0 Å². The SMILES string of the molecule is Cc1ccc(SCC(C)C)n1-c1ccccn1. The third-order valence-corrected chi connectivity index (χ3v) is 3.93. The number of aromatic nitrogens is 2. The van der Waals surface area contributed by atoms with Crippen LogP contribution >= 0.6 is 11.8 Å². The Bertz CT molecular complexity index is 474. The average Bonchev–Trinajstić information content (AvgIpc) is 2.69. The lowest BCUT2D eigenvalue weighted by Crippen LogP contribution is -2.01. The van der Waals surface area contributed by atoms with Crippen molar-refractivity contribution in [2.75, 3.05) is 5.75 Å². The van der Waals surface area contributed by atoms with Gasteiger partial charge in [0.05, 0.1) is 5.03 Å². The van der Waals surface area contributed by atoms with E-state index >= 15 is 0 Å². The Labute approximate surface area is 107 Å². The van der Waals surface area contributed by atoms with Crippen LogP contribution in [0.3, 0.4) is 0 Å². The molecule has 0 atom stereocenters. The fourth-order valence-electron chi connectivity index (χ4n) is 1.66. The zero-order valence-electron chi connectivity index (χ0n) is 10.6. The molecule has 0 saturated heterocycles. The highest BCUT2D eigenvalue weighted by molar-refractivity contribution is 7.99. The quantitative estimate of drug-likeness (QED) is 0.761. The van der Waals surface area contributed by atoms with Crippen molar-refractivity contribution in [2.24, 2.45) is 5.92 Å². The maximum absolute atomic E-state index is 4.42. The van der Waals surface area contributed by atoms with Gasteiger partial charge in [0, 0.05) is 17.6 Å². The van der Waals surface area contributed by atoms with E-state index in [0.717, 1.165) is 11.6 Å². The maximum Gasteiger partial charge on any atom is 0.137 e. The van der Waals surface area contributed by atoms with Crippen LogP contribution in [-0.4, -0.2) is 15.3 Å². The Kier molecular flexibility index (Phi) is 3.89. The highest BCUT2D eigenvalue weighted by Gasteiger charge is 2.08. The first-order valence-corrected chi connectivity index (χ1v) is 6.89. The van der Waals surface area contributed by atoms with Crippen molar-refractivity contribution in [3.8, 4) is 5.82 Å². The van der Waals surface area contributed by atoms with Crippen LogP contribution in [0, 0.1) is 12.8 Å². The van der Waals surface area contributed by atoms with Gasteiger partial charge in [-0.1, -0.05) is 19.9 Å². The molecule has 0 fully saturated rings. The average molecular weight is 246 g/mol. The molecular formula is C14H18N2S. The predicted molar refractivity (Wildman–Crippen MR) is 73.9 cm³/mol. The van der Waals surface area contributed by atoms with Crippen molar-refractivity contribution < 1.29 is 0 Å². The number of nitrogens with zero attached hydrogens (tertiary/aromatic N) is 2. The van der Waals surface area contributed by atoms with E-state index in [9.17, 15) is 0 Å². The molecule has 0 amide bonds. The van der Waals surface area contributed by atoms with Gasteiger partial charge >= 0.3 is 0 Å². The molecule has 0 aliphatic carbocycles. The summed E-state index contributed by atoms with van der Waals surface area (Å²) in [5.74, 6) is 2.84. The molecule has 2 nitrogen and oxygen atoms in total. The van der Waals surface area contributed by atoms with Crippen LogP contribution in [0.15, 0.2) is 41.6 Å². The molecule has 17 heavy (non-hydrogen) atoms.